The van der Waals surface area contributed by atoms with E-state index in [-0.39, 0.29) is 26.9 Å². The lowest BCUT2D eigenvalue weighted by Crippen LogP contribution is -1.93. The zero-order valence-electron chi connectivity index (χ0n) is 8.15. The molecule has 0 radical (unpaired) electrons. The molecule has 0 N–H and O–H groups in total. The Morgan fingerprint density at radius 3 is 2.41 bits per heavy atom. The van der Waals surface area contributed by atoms with Crippen molar-refractivity contribution in [2.24, 2.45) is 0 Å². The van der Waals surface area contributed by atoms with Crippen LogP contribution < -0.4 is 0 Å². The fourth-order valence-corrected chi connectivity index (χ4v) is 1.47. The molecule has 0 heterocycles. The molecule has 0 atom stereocenters. The number of nitro groups is 1. The lowest BCUT2D eigenvalue weighted by atomic mass is 10.1. The number of allylic oxidation sites excluding steroid dienone is 1. The minimum absolute atomic E-state index is 0.0535. The smallest absolute Gasteiger partial charge is 0.258 e. The fourth-order valence-electron chi connectivity index (χ4n) is 1.09. The van der Waals surface area contributed by atoms with Crippen molar-refractivity contribution in [2.75, 3.05) is 0 Å². The van der Waals surface area contributed by atoms with Gasteiger partial charge in [-0.2, -0.15) is 10.5 Å². The first-order valence-corrected chi connectivity index (χ1v) is 4.91. The molecule has 17 heavy (non-hydrogen) atoms. The van der Waals surface area contributed by atoms with Crippen LogP contribution in [0.5, 0.6) is 0 Å². The van der Waals surface area contributed by atoms with Crippen molar-refractivity contribution in [1.82, 2.24) is 0 Å². The standard InChI is InChI=1S/C10H3Cl2N3O2/c11-8-1-2-9(15(16)17)7(10(8)12)3-6(4-13)5-14/h1-3H. The summed E-state index contributed by atoms with van der Waals surface area (Å²) >= 11 is 11.5. The Labute approximate surface area is 106 Å². The van der Waals surface area contributed by atoms with E-state index in [1.165, 1.54) is 6.07 Å². The molecule has 5 nitrogen and oxygen atoms in total. The number of nitrogens with zero attached hydrogens (tertiary/aromatic N) is 3. The summed E-state index contributed by atoms with van der Waals surface area (Å²) in [6.45, 7) is 0. The van der Waals surface area contributed by atoms with Crippen molar-refractivity contribution in [1.29, 1.82) is 10.5 Å². The molecule has 0 saturated carbocycles. The quantitative estimate of drug-likeness (QED) is 0.467. The molecule has 1 aromatic carbocycles. The monoisotopic (exact) mass is 267 g/mol. The van der Waals surface area contributed by atoms with Gasteiger partial charge in [-0.15, -0.1) is 0 Å². The highest BCUT2D eigenvalue weighted by atomic mass is 35.5. The molecule has 0 aliphatic rings. The second-order valence-electron chi connectivity index (χ2n) is 2.83. The predicted octanol–water partition coefficient (Wildman–Crippen LogP) is 3.33. The molecule has 0 fully saturated rings. The lowest BCUT2D eigenvalue weighted by molar-refractivity contribution is -0.385. The highest BCUT2D eigenvalue weighted by Gasteiger charge is 2.18. The Kier molecular flexibility index (Phi) is 4.06. The van der Waals surface area contributed by atoms with Crippen LogP contribution in [0, 0.1) is 32.8 Å². The van der Waals surface area contributed by atoms with Gasteiger partial charge in [-0.25, -0.2) is 0 Å². The molecule has 0 aliphatic carbocycles. The largest absolute Gasteiger partial charge is 0.278 e. The summed E-state index contributed by atoms with van der Waals surface area (Å²) in [7, 11) is 0. The summed E-state index contributed by atoms with van der Waals surface area (Å²) in [4.78, 5) is 10.1. The lowest BCUT2D eigenvalue weighted by Gasteiger charge is -2.02. The minimum atomic E-state index is -0.666. The molecule has 1 aromatic rings. The zero-order chi connectivity index (χ0) is 13.0. The van der Waals surface area contributed by atoms with Crippen molar-refractivity contribution in [3.63, 3.8) is 0 Å². The van der Waals surface area contributed by atoms with E-state index < -0.39 is 4.92 Å². The molecule has 0 amide bonds. The summed E-state index contributed by atoms with van der Waals surface area (Å²) in [5, 5.41) is 28.0. The van der Waals surface area contributed by atoms with Crippen LogP contribution in [0.4, 0.5) is 5.69 Å². The third-order valence-corrected chi connectivity index (χ3v) is 2.65. The van der Waals surface area contributed by atoms with Crippen LogP contribution in [0.25, 0.3) is 6.08 Å². The number of nitriles is 2. The first-order valence-electron chi connectivity index (χ1n) is 4.15. The number of hydrogen-bond acceptors (Lipinski definition) is 4. The third kappa shape index (κ3) is 2.73. The zero-order valence-corrected chi connectivity index (χ0v) is 9.66. The highest BCUT2D eigenvalue weighted by Crippen LogP contribution is 2.34. The molecular weight excluding hydrogens is 265 g/mol. The molecule has 0 unspecified atom stereocenters. The Bertz CT molecular complexity index is 581. The van der Waals surface area contributed by atoms with Gasteiger partial charge in [-0.1, -0.05) is 23.2 Å². The van der Waals surface area contributed by atoms with E-state index >= 15 is 0 Å². The Morgan fingerprint density at radius 1 is 1.35 bits per heavy atom. The number of nitro benzene ring substituents is 1. The van der Waals surface area contributed by atoms with Gasteiger partial charge in [0.05, 0.1) is 20.5 Å². The van der Waals surface area contributed by atoms with E-state index in [9.17, 15) is 10.1 Å². The minimum Gasteiger partial charge on any atom is -0.258 e. The van der Waals surface area contributed by atoms with Crippen LogP contribution in [-0.2, 0) is 0 Å². The van der Waals surface area contributed by atoms with Gasteiger partial charge in [0.1, 0.15) is 17.7 Å². The van der Waals surface area contributed by atoms with Gasteiger partial charge < -0.3 is 0 Å². The summed E-state index contributed by atoms with van der Waals surface area (Å²) < 4.78 is 0. The molecule has 1 rings (SSSR count). The summed E-state index contributed by atoms with van der Waals surface area (Å²) in [6, 6.07) is 5.61. The van der Waals surface area contributed by atoms with Gasteiger partial charge in [0.25, 0.3) is 5.69 Å². The SMILES string of the molecule is N#CC(C#N)=Cc1c([N+](=O)[O-])ccc(Cl)c1Cl. The van der Waals surface area contributed by atoms with Gasteiger partial charge in [0.15, 0.2) is 0 Å². The molecule has 7 heteroatoms. The highest BCUT2D eigenvalue weighted by molar-refractivity contribution is 6.43. The van der Waals surface area contributed by atoms with Crippen molar-refractivity contribution in [3.8, 4) is 12.1 Å². The maximum Gasteiger partial charge on any atom is 0.278 e. The average Bonchev–Trinajstić information content (AvgIpc) is 2.30. The van der Waals surface area contributed by atoms with Gasteiger partial charge in [-0.3, -0.25) is 10.1 Å². The third-order valence-electron chi connectivity index (χ3n) is 1.84. The Balaban J connectivity index is 3.57. The van der Waals surface area contributed by atoms with Crippen molar-refractivity contribution in [3.05, 3.63) is 43.4 Å². The van der Waals surface area contributed by atoms with E-state index in [0.717, 1.165) is 12.1 Å². The Hall–Kier alpha value is -2.08. The molecule has 0 spiro atoms. The summed E-state index contributed by atoms with van der Waals surface area (Å²) in [6.07, 6.45) is 1.03. The van der Waals surface area contributed by atoms with Crippen molar-refractivity contribution in [2.45, 2.75) is 0 Å². The second-order valence-corrected chi connectivity index (χ2v) is 3.62. The number of benzene rings is 1. The molecular formula is C10H3Cl2N3O2. The van der Waals surface area contributed by atoms with Crippen molar-refractivity contribution < 1.29 is 4.92 Å². The maximum absolute atomic E-state index is 10.8. The van der Waals surface area contributed by atoms with Crippen LogP contribution in [-0.4, -0.2) is 4.92 Å². The first-order chi connectivity index (χ1) is 8.01. The van der Waals surface area contributed by atoms with Crippen LogP contribution in [0.1, 0.15) is 5.56 Å². The molecule has 0 aromatic heterocycles. The topological polar surface area (TPSA) is 90.7 Å². The van der Waals surface area contributed by atoms with Gasteiger partial charge >= 0.3 is 0 Å². The predicted molar refractivity (Wildman–Crippen MR) is 62.3 cm³/mol. The first kappa shape index (κ1) is 13.0. The van der Waals surface area contributed by atoms with E-state index in [2.05, 4.69) is 0 Å². The second kappa shape index (κ2) is 5.31. The van der Waals surface area contributed by atoms with Crippen LogP contribution in [0.2, 0.25) is 10.0 Å². The fraction of sp³-hybridized carbons (Fsp3) is 0. The number of halogens is 2. The molecule has 84 valence electrons. The van der Waals surface area contributed by atoms with Gasteiger partial charge in [0, 0.05) is 6.07 Å². The van der Waals surface area contributed by atoms with Crippen LogP contribution >= 0.6 is 23.2 Å². The molecule has 0 saturated heterocycles. The van der Waals surface area contributed by atoms with Gasteiger partial charge in [0.2, 0.25) is 0 Å². The summed E-state index contributed by atoms with van der Waals surface area (Å²) in [5.74, 6) is 0. The van der Waals surface area contributed by atoms with E-state index in [0.29, 0.717) is 0 Å². The van der Waals surface area contributed by atoms with Gasteiger partial charge in [-0.05, 0) is 12.1 Å². The van der Waals surface area contributed by atoms with Crippen molar-refractivity contribution >= 4 is 35.0 Å². The average molecular weight is 268 g/mol. The van der Waals surface area contributed by atoms with Crippen LogP contribution in [0.3, 0.4) is 0 Å². The normalized spacial score (nSPS) is 8.94. The number of rotatable bonds is 2. The molecule has 0 bridgehead atoms. The Morgan fingerprint density at radius 2 is 1.94 bits per heavy atom. The number of hydrogen-bond donors (Lipinski definition) is 0. The summed E-state index contributed by atoms with van der Waals surface area (Å²) in [5.41, 5.74) is -0.665. The van der Waals surface area contributed by atoms with E-state index in [4.69, 9.17) is 33.7 Å². The van der Waals surface area contributed by atoms with E-state index in [1.807, 2.05) is 0 Å². The maximum atomic E-state index is 10.8. The van der Waals surface area contributed by atoms with E-state index in [1.54, 1.807) is 12.1 Å². The van der Waals surface area contributed by atoms with Crippen LogP contribution in [0.15, 0.2) is 17.7 Å². The molecule has 0 aliphatic heterocycles.